The zero-order valence-corrected chi connectivity index (χ0v) is 27.5. The van der Waals surface area contributed by atoms with E-state index in [-0.39, 0.29) is 65.1 Å². The average Bonchev–Trinajstić information content (AvgIpc) is 3.56. The molecule has 256 valence electrons. The number of hydrogen-bond donors (Lipinski definition) is 1. The summed E-state index contributed by atoms with van der Waals surface area (Å²) in [5.41, 5.74) is 1.67. The molecule has 5 rings (SSSR count). The molecule has 0 radical (unpaired) electrons. The first-order valence-corrected chi connectivity index (χ1v) is 15.9. The van der Waals surface area contributed by atoms with Crippen molar-refractivity contribution in [3.8, 4) is 11.5 Å². The number of esters is 1. The molecule has 13 nitrogen and oxygen atoms in total. The van der Waals surface area contributed by atoms with Crippen LogP contribution in [0.1, 0.15) is 61.4 Å². The Balaban J connectivity index is 1.37. The van der Waals surface area contributed by atoms with Crippen LogP contribution in [-0.4, -0.2) is 63.9 Å². The summed E-state index contributed by atoms with van der Waals surface area (Å²) >= 11 is 0. The molecule has 1 atom stereocenters. The average molecular weight is 678 g/mol. The second-order valence-electron chi connectivity index (χ2n) is 11.1. The van der Waals surface area contributed by atoms with Crippen molar-refractivity contribution >= 4 is 23.3 Å². The van der Waals surface area contributed by atoms with Gasteiger partial charge in [-0.3, -0.25) is 19.7 Å². The van der Waals surface area contributed by atoms with Crippen molar-refractivity contribution in [3.63, 3.8) is 0 Å². The molecule has 0 aliphatic heterocycles. The van der Waals surface area contributed by atoms with Gasteiger partial charge >= 0.3 is 5.97 Å². The summed E-state index contributed by atoms with van der Waals surface area (Å²) in [6, 6.07) is 28.2. The minimum Gasteiger partial charge on any atom is -0.497 e. The van der Waals surface area contributed by atoms with Gasteiger partial charge in [0.1, 0.15) is 17.2 Å². The molecule has 1 heterocycles. The number of carbonyl (C=O) groups excluding carboxylic acids is 3. The van der Waals surface area contributed by atoms with Gasteiger partial charge in [0.15, 0.2) is 6.61 Å². The molecule has 0 aliphatic carbocycles. The largest absolute Gasteiger partial charge is 0.497 e. The summed E-state index contributed by atoms with van der Waals surface area (Å²) in [5, 5.41) is 22.7. The Kier molecular flexibility index (Phi) is 11.6. The second kappa shape index (κ2) is 16.6. The predicted molar refractivity (Wildman–Crippen MR) is 183 cm³/mol. The molecular weight excluding hydrogens is 642 g/mol. The highest BCUT2D eigenvalue weighted by Crippen LogP contribution is 2.25. The molecule has 0 spiro atoms. The summed E-state index contributed by atoms with van der Waals surface area (Å²) in [6.07, 6.45) is 0.744. The van der Waals surface area contributed by atoms with Gasteiger partial charge in [0.2, 0.25) is 17.5 Å². The van der Waals surface area contributed by atoms with Gasteiger partial charge in [-0.1, -0.05) is 71.9 Å². The maximum Gasteiger partial charge on any atom is 0.361 e. The smallest absolute Gasteiger partial charge is 0.361 e. The highest BCUT2D eigenvalue weighted by molar-refractivity contribution is 6.17. The number of nitrogens with zero attached hydrogens (tertiary/aromatic N) is 4. The third kappa shape index (κ3) is 8.55. The maximum absolute atomic E-state index is 14.2. The number of anilines is 1. The number of methoxy groups -OCH3 is 1. The van der Waals surface area contributed by atoms with Gasteiger partial charge in [0.25, 0.3) is 5.91 Å². The van der Waals surface area contributed by atoms with Crippen molar-refractivity contribution in [2.24, 2.45) is 0 Å². The zero-order valence-electron chi connectivity index (χ0n) is 27.5. The van der Waals surface area contributed by atoms with Gasteiger partial charge < -0.3 is 19.5 Å². The van der Waals surface area contributed by atoms with Crippen molar-refractivity contribution in [2.75, 3.05) is 25.6 Å². The zero-order chi connectivity index (χ0) is 35.5. The molecule has 1 unspecified atom stereocenters. The van der Waals surface area contributed by atoms with E-state index >= 15 is 0 Å². The monoisotopic (exact) mass is 677 g/mol. The van der Waals surface area contributed by atoms with E-state index in [1.165, 1.54) is 16.8 Å². The Hall–Kier alpha value is -6.37. The van der Waals surface area contributed by atoms with Crippen molar-refractivity contribution in [3.05, 3.63) is 147 Å². The SMILES string of the molecule is CCOC(=O)c1nnn(Cc2ccc(OC)cc2)c1C(=O)c1ccccc1NC(=O)c1ccccc1OCC(CCc1ccccc1)[N+](=O)[O-]. The number of amides is 1. The van der Waals surface area contributed by atoms with Crippen LogP contribution in [0.25, 0.3) is 0 Å². The number of para-hydroxylation sites is 2. The van der Waals surface area contributed by atoms with E-state index in [1.54, 1.807) is 74.7 Å². The molecule has 1 N–H and O–H groups in total. The van der Waals surface area contributed by atoms with Crippen LogP contribution in [0.3, 0.4) is 0 Å². The van der Waals surface area contributed by atoms with E-state index in [1.807, 2.05) is 30.3 Å². The fraction of sp³-hybridized carbons (Fsp3) is 0.216. The van der Waals surface area contributed by atoms with Crippen molar-refractivity contribution in [1.82, 2.24) is 15.0 Å². The lowest BCUT2D eigenvalue weighted by Crippen LogP contribution is -2.28. The van der Waals surface area contributed by atoms with Crippen LogP contribution in [0.2, 0.25) is 0 Å². The molecule has 13 heteroatoms. The third-order valence-electron chi connectivity index (χ3n) is 7.80. The first-order chi connectivity index (χ1) is 24.3. The number of aryl methyl sites for hydroxylation is 1. The number of rotatable bonds is 16. The normalized spacial score (nSPS) is 11.3. The summed E-state index contributed by atoms with van der Waals surface area (Å²) in [4.78, 5) is 52.2. The fourth-order valence-electron chi connectivity index (χ4n) is 5.19. The van der Waals surface area contributed by atoms with E-state index < -0.39 is 23.7 Å². The Labute approximate surface area is 287 Å². The molecule has 4 aromatic carbocycles. The summed E-state index contributed by atoms with van der Waals surface area (Å²) in [5.74, 6) is -1.27. The van der Waals surface area contributed by atoms with Gasteiger partial charge in [-0.2, -0.15) is 0 Å². The first-order valence-electron chi connectivity index (χ1n) is 15.9. The van der Waals surface area contributed by atoms with Gasteiger partial charge in [-0.25, -0.2) is 9.48 Å². The fourth-order valence-corrected chi connectivity index (χ4v) is 5.19. The van der Waals surface area contributed by atoms with Crippen LogP contribution < -0.4 is 14.8 Å². The van der Waals surface area contributed by atoms with Crippen LogP contribution in [-0.2, 0) is 17.7 Å². The third-order valence-corrected chi connectivity index (χ3v) is 7.80. The summed E-state index contributed by atoms with van der Waals surface area (Å²) < 4.78 is 17.5. The minimum atomic E-state index is -1.00. The van der Waals surface area contributed by atoms with E-state index in [9.17, 15) is 24.5 Å². The Morgan fingerprint density at radius 1 is 0.880 bits per heavy atom. The number of hydrogen-bond acceptors (Lipinski definition) is 10. The van der Waals surface area contributed by atoms with Crippen LogP contribution in [0.15, 0.2) is 103 Å². The number of carbonyl (C=O) groups is 3. The molecule has 1 amide bonds. The topological polar surface area (TPSA) is 165 Å². The Bertz CT molecular complexity index is 1960. The van der Waals surface area contributed by atoms with Crippen molar-refractivity contribution in [2.45, 2.75) is 32.4 Å². The van der Waals surface area contributed by atoms with Gasteiger partial charge in [-0.15, -0.1) is 5.10 Å². The highest BCUT2D eigenvalue weighted by Gasteiger charge is 2.29. The Morgan fingerprint density at radius 3 is 2.26 bits per heavy atom. The summed E-state index contributed by atoms with van der Waals surface area (Å²) in [7, 11) is 1.55. The van der Waals surface area contributed by atoms with Gasteiger partial charge in [0.05, 0.1) is 31.5 Å². The number of ketones is 1. The lowest BCUT2D eigenvalue weighted by atomic mass is 10.0. The molecule has 1 aromatic heterocycles. The van der Waals surface area contributed by atoms with Crippen LogP contribution >= 0.6 is 0 Å². The van der Waals surface area contributed by atoms with E-state index in [4.69, 9.17) is 14.2 Å². The number of ether oxygens (including phenoxy) is 3. The van der Waals surface area contributed by atoms with E-state index in [2.05, 4.69) is 15.6 Å². The molecule has 0 fully saturated rings. The van der Waals surface area contributed by atoms with Crippen molar-refractivity contribution < 1.29 is 33.5 Å². The predicted octanol–water partition coefficient (Wildman–Crippen LogP) is 5.65. The molecule has 0 aliphatic rings. The molecule has 0 bridgehead atoms. The second-order valence-corrected chi connectivity index (χ2v) is 11.1. The first kappa shape index (κ1) is 35.0. The van der Waals surface area contributed by atoms with Gasteiger partial charge in [0, 0.05) is 16.9 Å². The number of nitro groups is 1. The minimum absolute atomic E-state index is 0.0569. The van der Waals surface area contributed by atoms with Crippen LogP contribution in [0.4, 0.5) is 5.69 Å². The molecule has 50 heavy (non-hydrogen) atoms. The van der Waals surface area contributed by atoms with E-state index in [0.29, 0.717) is 12.2 Å². The lowest BCUT2D eigenvalue weighted by molar-refractivity contribution is -0.525. The lowest BCUT2D eigenvalue weighted by Gasteiger charge is -2.15. The molecule has 0 saturated heterocycles. The van der Waals surface area contributed by atoms with E-state index in [0.717, 1.165) is 11.1 Å². The number of nitrogens with one attached hydrogen (secondary N) is 1. The molecule has 5 aromatic rings. The van der Waals surface area contributed by atoms with Gasteiger partial charge in [-0.05, 0) is 60.9 Å². The van der Waals surface area contributed by atoms with Crippen molar-refractivity contribution in [1.29, 1.82) is 0 Å². The number of benzene rings is 4. The molecular formula is C37H35N5O8. The van der Waals surface area contributed by atoms with Crippen LogP contribution in [0.5, 0.6) is 11.5 Å². The number of aromatic nitrogens is 3. The molecule has 0 saturated carbocycles. The standard InChI is InChI=1S/C37H35N5O8/c1-3-49-37(45)33-34(41(40-39-33)23-26-18-21-28(48-2)22-19-26)35(43)29-13-7-9-15-31(29)38-36(44)30-14-8-10-16-32(30)50-24-27(42(46)47)20-17-25-11-5-4-6-12-25/h4-16,18-19,21-22,27H,3,17,20,23-24H2,1-2H3,(H,38,44). The quantitative estimate of drug-likeness (QED) is 0.0597. The highest BCUT2D eigenvalue weighted by atomic mass is 16.6. The van der Waals surface area contributed by atoms with Crippen LogP contribution in [0, 0.1) is 10.1 Å². The maximum atomic E-state index is 14.2. The summed E-state index contributed by atoms with van der Waals surface area (Å²) in [6.45, 7) is 1.55. The Morgan fingerprint density at radius 2 is 1.56 bits per heavy atom.